The van der Waals surface area contributed by atoms with Gasteiger partial charge in [-0.25, -0.2) is 4.99 Å². The molecule has 5 rings (SSSR count). The first-order valence-electron chi connectivity index (χ1n) is 13.5. The van der Waals surface area contributed by atoms with Gasteiger partial charge in [0, 0.05) is 12.6 Å². The van der Waals surface area contributed by atoms with E-state index >= 15 is 0 Å². The van der Waals surface area contributed by atoms with E-state index in [1.54, 1.807) is 6.40 Å². The van der Waals surface area contributed by atoms with Crippen LogP contribution in [0.25, 0.3) is 11.4 Å². The lowest BCUT2D eigenvalue weighted by molar-refractivity contribution is -0.117. The van der Waals surface area contributed by atoms with Crippen molar-refractivity contribution in [2.45, 2.75) is 51.7 Å². The van der Waals surface area contributed by atoms with Gasteiger partial charge in [-0.1, -0.05) is 67.9 Å². The molecular weight excluding hydrogens is 478 g/mol. The molecule has 3 aliphatic heterocycles. The average molecular weight is 514 g/mol. The minimum atomic E-state index is -0.269. The molecule has 2 unspecified atom stereocenters. The lowest BCUT2D eigenvalue weighted by Crippen LogP contribution is -2.39. The Hall–Kier alpha value is -3.75. The van der Waals surface area contributed by atoms with Gasteiger partial charge in [0.05, 0.1) is 22.5 Å². The van der Waals surface area contributed by atoms with Crippen LogP contribution < -0.4 is 16.0 Å². The monoisotopic (exact) mass is 513 g/mol. The Bertz CT molecular complexity index is 1270. The van der Waals surface area contributed by atoms with Gasteiger partial charge < -0.3 is 15.4 Å². The molecule has 3 N–H and O–H groups in total. The normalized spacial score (nSPS) is 20.6. The molecule has 8 nitrogen and oxygen atoms in total. The summed E-state index contributed by atoms with van der Waals surface area (Å²) in [4.78, 5) is 33.1. The summed E-state index contributed by atoms with van der Waals surface area (Å²) < 4.78 is 5.60. The average Bonchev–Trinajstić information content (AvgIpc) is 3.47. The molecule has 1 saturated heterocycles. The summed E-state index contributed by atoms with van der Waals surface area (Å²) in [6.07, 6.45) is 5.94. The van der Waals surface area contributed by atoms with Gasteiger partial charge in [-0.3, -0.25) is 19.8 Å². The van der Waals surface area contributed by atoms with Crippen LogP contribution in [-0.2, 0) is 14.3 Å². The summed E-state index contributed by atoms with van der Waals surface area (Å²) >= 11 is 0. The summed E-state index contributed by atoms with van der Waals surface area (Å²) in [5, 5.41) is 9.04. The molecule has 0 aliphatic carbocycles. The lowest BCUT2D eigenvalue weighted by Gasteiger charge is -2.37. The molecule has 2 atom stereocenters. The molecule has 2 aromatic carbocycles. The number of fused-ring (bicyclic) bond motifs is 1. The van der Waals surface area contributed by atoms with E-state index in [-0.39, 0.29) is 18.0 Å². The predicted molar refractivity (Wildman–Crippen MR) is 149 cm³/mol. The molecule has 0 radical (unpaired) electrons. The van der Waals surface area contributed by atoms with Gasteiger partial charge in [0.15, 0.2) is 6.40 Å². The number of likely N-dealkylation sites (tertiary alicyclic amines) is 1. The molecule has 3 heterocycles. The van der Waals surface area contributed by atoms with Gasteiger partial charge >= 0.3 is 0 Å². The Morgan fingerprint density at radius 3 is 2.29 bits per heavy atom. The fraction of sp³-hybridized carbons (Fsp3) is 0.367. The maximum absolute atomic E-state index is 13.0. The molecule has 0 bridgehead atoms. The summed E-state index contributed by atoms with van der Waals surface area (Å²) in [5.41, 5.74) is 4.52. The first kappa shape index (κ1) is 25.9. The largest absolute Gasteiger partial charge is 0.468 e. The topological polar surface area (TPSA) is 95.1 Å². The fourth-order valence-corrected chi connectivity index (χ4v) is 5.33. The van der Waals surface area contributed by atoms with Crippen LogP contribution in [-0.4, -0.2) is 49.0 Å². The van der Waals surface area contributed by atoms with E-state index in [0.29, 0.717) is 35.3 Å². The number of carbonyl (C=O) groups is 2. The number of hydrogen-bond donors (Lipinski definition) is 3. The van der Waals surface area contributed by atoms with Crippen LogP contribution in [0.5, 0.6) is 0 Å². The number of nitrogens with one attached hydrogen (secondary N) is 3. The van der Waals surface area contributed by atoms with E-state index in [9.17, 15) is 9.59 Å². The minimum Gasteiger partial charge on any atom is -0.468 e. The van der Waals surface area contributed by atoms with Crippen LogP contribution in [0.15, 0.2) is 70.7 Å². The van der Waals surface area contributed by atoms with Gasteiger partial charge in [-0.05, 0) is 49.4 Å². The zero-order chi connectivity index (χ0) is 26.5. The highest BCUT2D eigenvalue weighted by Gasteiger charge is 2.40. The number of nitrogens with zero attached hydrogens (tertiary/aromatic N) is 2. The molecule has 0 saturated carbocycles. The van der Waals surface area contributed by atoms with Crippen LogP contribution in [0.4, 0.5) is 0 Å². The molecule has 0 aromatic heterocycles. The van der Waals surface area contributed by atoms with Crippen molar-refractivity contribution >= 4 is 29.6 Å². The van der Waals surface area contributed by atoms with Gasteiger partial charge in [-0.15, -0.1) is 0 Å². The van der Waals surface area contributed by atoms with Gasteiger partial charge in [-0.2, -0.15) is 0 Å². The third-order valence-corrected chi connectivity index (χ3v) is 7.30. The molecule has 0 spiro atoms. The van der Waals surface area contributed by atoms with Crippen LogP contribution >= 0.6 is 0 Å². The van der Waals surface area contributed by atoms with Crippen molar-refractivity contribution in [3.63, 3.8) is 0 Å². The molecule has 198 valence electrons. The highest BCUT2D eigenvalue weighted by atomic mass is 16.5. The summed E-state index contributed by atoms with van der Waals surface area (Å²) in [5.74, 6) is -0.538. The predicted octanol–water partition coefficient (Wildman–Crippen LogP) is 3.94. The van der Waals surface area contributed by atoms with Crippen molar-refractivity contribution in [2.24, 2.45) is 4.99 Å². The van der Waals surface area contributed by atoms with E-state index in [1.165, 1.54) is 6.42 Å². The van der Waals surface area contributed by atoms with E-state index in [0.717, 1.165) is 49.0 Å². The zero-order valence-corrected chi connectivity index (χ0v) is 22.0. The smallest absolute Gasteiger partial charge is 0.258 e. The number of benzene rings is 2. The van der Waals surface area contributed by atoms with Gasteiger partial charge in [0.1, 0.15) is 12.9 Å². The number of carbonyl (C=O) groups excluding carboxylic acids is 2. The number of ether oxygens (including phenoxy) is 1. The Morgan fingerprint density at radius 1 is 1.00 bits per heavy atom. The van der Waals surface area contributed by atoms with Crippen molar-refractivity contribution in [1.29, 1.82) is 0 Å². The highest BCUT2D eigenvalue weighted by molar-refractivity contribution is 6.30. The van der Waals surface area contributed by atoms with Crippen molar-refractivity contribution in [2.75, 3.05) is 19.8 Å². The van der Waals surface area contributed by atoms with Crippen molar-refractivity contribution in [3.8, 4) is 0 Å². The first-order valence-corrected chi connectivity index (χ1v) is 13.5. The number of amides is 2. The first-order chi connectivity index (χ1) is 18.6. The maximum atomic E-state index is 13.0. The molecule has 1 fully saturated rings. The molecular formula is C30H35N5O3. The van der Waals surface area contributed by atoms with Crippen LogP contribution in [0.1, 0.15) is 62.4 Å². The highest BCUT2D eigenvalue weighted by Crippen LogP contribution is 2.38. The zero-order valence-electron chi connectivity index (χ0n) is 22.0. The quantitative estimate of drug-likeness (QED) is 0.194. The third-order valence-electron chi connectivity index (χ3n) is 7.30. The molecule has 38 heavy (non-hydrogen) atoms. The SMILES string of the molecule is CCCNCO/C=N/C(c1ccc(C2=C3C(=O)NC(c4ccccc4)=C3C(=O)N2)cc1)N1CCCCC1C. The van der Waals surface area contributed by atoms with Crippen LogP contribution in [0, 0.1) is 0 Å². The van der Waals surface area contributed by atoms with Crippen molar-refractivity contribution in [3.05, 3.63) is 82.4 Å². The molecule has 2 amide bonds. The van der Waals surface area contributed by atoms with Crippen LogP contribution in [0.2, 0.25) is 0 Å². The van der Waals surface area contributed by atoms with E-state index in [4.69, 9.17) is 9.73 Å². The summed E-state index contributed by atoms with van der Waals surface area (Å²) in [7, 11) is 0. The number of piperidine rings is 1. The second-order valence-corrected chi connectivity index (χ2v) is 9.92. The second kappa shape index (κ2) is 11.8. The van der Waals surface area contributed by atoms with E-state index < -0.39 is 0 Å². The number of rotatable bonds is 10. The van der Waals surface area contributed by atoms with Gasteiger partial charge in [0.2, 0.25) is 0 Å². The maximum Gasteiger partial charge on any atom is 0.258 e. The van der Waals surface area contributed by atoms with Crippen LogP contribution in [0.3, 0.4) is 0 Å². The Labute approximate surface area is 223 Å². The molecule has 8 heteroatoms. The fourth-order valence-electron chi connectivity index (χ4n) is 5.33. The third kappa shape index (κ3) is 5.28. The number of hydrogen-bond acceptors (Lipinski definition) is 6. The minimum absolute atomic E-state index is 0.170. The number of aliphatic imine (C=N–C) groups is 1. The van der Waals surface area contributed by atoms with E-state index in [1.807, 2.05) is 54.6 Å². The molecule has 3 aliphatic rings. The molecule has 2 aromatic rings. The lowest BCUT2D eigenvalue weighted by atomic mass is 9.99. The van der Waals surface area contributed by atoms with Gasteiger partial charge in [0.25, 0.3) is 11.8 Å². The van der Waals surface area contributed by atoms with Crippen molar-refractivity contribution in [1.82, 2.24) is 20.9 Å². The van der Waals surface area contributed by atoms with Crippen molar-refractivity contribution < 1.29 is 14.3 Å². The Balaban J connectivity index is 1.42. The van der Waals surface area contributed by atoms with E-state index in [2.05, 4.69) is 34.7 Å². The Morgan fingerprint density at radius 2 is 1.66 bits per heavy atom. The standard InChI is InChI=1S/C30H35N5O3/c1-3-16-31-18-38-19-32-28(35-17-8-7-9-20(35)2)23-14-12-22(13-15-23)27-25-24(29(36)34-27)26(33-30(25)37)21-10-5-4-6-11-21/h4-6,10-15,19-20,28,31H,3,7-9,16-18H2,1-2H3,(H,33,37)(H,34,36)/b32-19+. The summed E-state index contributed by atoms with van der Waals surface area (Å²) in [6.45, 7) is 6.67. The second-order valence-electron chi connectivity index (χ2n) is 9.92. The summed E-state index contributed by atoms with van der Waals surface area (Å²) in [6, 6.07) is 17.8. The Kier molecular flexibility index (Phi) is 8.00.